The van der Waals surface area contributed by atoms with Gasteiger partial charge in [-0.25, -0.2) is 0 Å². The van der Waals surface area contributed by atoms with Gasteiger partial charge in [0.2, 0.25) is 0 Å². The van der Waals surface area contributed by atoms with Crippen molar-refractivity contribution in [2.24, 2.45) is 17.2 Å². The van der Waals surface area contributed by atoms with Gasteiger partial charge >= 0.3 is 0 Å². The monoisotopic (exact) mass is 270 g/mol. The Balaban J connectivity index is 2.69. The van der Waals surface area contributed by atoms with Gasteiger partial charge in [-0.1, -0.05) is 22.6 Å². The second kappa shape index (κ2) is 3.53. The average Bonchev–Trinajstić information content (AvgIpc) is 2.17. The van der Waals surface area contributed by atoms with Crippen LogP contribution >= 0.6 is 22.6 Å². The predicted molar refractivity (Wildman–Crippen MR) is 54.6 cm³/mol. The first-order valence-electron chi connectivity index (χ1n) is 3.67. The highest BCUT2D eigenvalue weighted by Crippen LogP contribution is 2.23. The third-order valence-corrected chi connectivity index (χ3v) is 4.00. The van der Waals surface area contributed by atoms with E-state index in [1.54, 1.807) is 0 Å². The van der Waals surface area contributed by atoms with Crippen LogP contribution in [-0.2, 0) is 0 Å². The lowest BCUT2D eigenvalue weighted by Crippen LogP contribution is -2.51. The van der Waals surface area contributed by atoms with Gasteiger partial charge in [0.15, 0.2) is 0 Å². The van der Waals surface area contributed by atoms with Crippen LogP contribution in [0.5, 0.6) is 0 Å². The first kappa shape index (κ1) is 9.66. The maximum Gasteiger partial charge on any atom is 0.0444 e. The van der Waals surface area contributed by atoms with Crippen LogP contribution in [0.2, 0.25) is 0 Å². The second-order valence-corrected chi connectivity index (χ2v) is 4.43. The van der Waals surface area contributed by atoms with Crippen LogP contribution in [0.4, 0.5) is 0 Å². The molecule has 66 valence electrons. The lowest BCUT2D eigenvalue weighted by Gasteiger charge is -2.19. The number of nitrogens with one attached hydrogen (secondary N) is 1. The fourth-order valence-electron chi connectivity index (χ4n) is 1.55. The van der Waals surface area contributed by atoms with E-state index >= 15 is 0 Å². The summed E-state index contributed by atoms with van der Waals surface area (Å²) in [4.78, 5) is 0. The van der Waals surface area contributed by atoms with Gasteiger partial charge in [0, 0.05) is 28.1 Å². The summed E-state index contributed by atoms with van der Waals surface area (Å²) in [6, 6.07) is 0.234. The molecule has 5 unspecified atom stereocenters. The van der Waals surface area contributed by atoms with E-state index in [0.29, 0.717) is 0 Å². The first-order valence-corrected chi connectivity index (χ1v) is 4.92. The first-order chi connectivity index (χ1) is 5.09. The van der Waals surface area contributed by atoms with Crippen LogP contribution in [-0.4, -0.2) is 35.1 Å². The van der Waals surface area contributed by atoms with Crippen LogP contribution in [0.3, 0.4) is 0 Å². The summed E-state index contributed by atoms with van der Waals surface area (Å²) in [5.74, 6) is 0. The minimum absolute atomic E-state index is 0.0167. The van der Waals surface area contributed by atoms with E-state index in [9.17, 15) is 0 Å². The molecule has 0 amide bonds. The van der Waals surface area contributed by atoms with E-state index in [4.69, 9.17) is 17.2 Å². The summed E-state index contributed by atoms with van der Waals surface area (Å²) >= 11 is 2.27. The highest BCUT2D eigenvalue weighted by atomic mass is 127. The van der Waals surface area contributed by atoms with Crippen molar-refractivity contribution in [1.29, 1.82) is 0 Å². The summed E-state index contributed by atoms with van der Waals surface area (Å²) in [6.07, 6.45) is 0. The van der Waals surface area contributed by atoms with Crippen molar-refractivity contribution in [3.63, 3.8) is 0 Å². The Morgan fingerprint density at radius 3 is 1.82 bits per heavy atom. The van der Waals surface area contributed by atoms with Gasteiger partial charge in [0.25, 0.3) is 0 Å². The van der Waals surface area contributed by atoms with Crippen LogP contribution in [0.25, 0.3) is 0 Å². The molecule has 5 atom stereocenters. The minimum Gasteiger partial charge on any atom is -0.325 e. The van der Waals surface area contributed by atoms with Gasteiger partial charge < -0.3 is 22.5 Å². The number of halogens is 1. The molecule has 0 aromatic carbocycles. The number of hydrogen-bond donors (Lipinski definition) is 4. The maximum atomic E-state index is 5.88. The molecule has 1 aliphatic carbocycles. The molecule has 0 radical (unpaired) electrons. The van der Waals surface area contributed by atoms with Crippen LogP contribution in [0.15, 0.2) is 0 Å². The van der Waals surface area contributed by atoms with Gasteiger partial charge in [0.05, 0.1) is 0 Å². The third kappa shape index (κ3) is 1.52. The zero-order valence-corrected chi connectivity index (χ0v) is 8.65. The molecule has 1 saturated carbocycles. The van der Waals surface area contributed by atoms with Gasteiger partial charge in [-0.15, -0.1) is 0 Å². The van der Waals surface area contributed by atoms with Crippen LogP contribution in [0.1, 0.15) is 0 Å². The van der Waals surface area contributed by atoms with Crippen molar-refractivity contribution >= 4 is 22.6 Å². The molecular formula is C6H15IN4. The Bertz CT molecular complexity index is 129. The number of nitrogens with two attached hydrogens (primary N) is 3. The topological polar surface area (TPSA) is 90.1 Å². The summed E-state index contributed by atoms with van der Waals surface area (Å²) < 4.78 is 0.278. The van der Waals surface area contributed by atoms with E-state index in [1.807, 2.05) is 7.05 Å². The molecule has 7 N–H and O–H groups in total. The van der Waals surface area contributed by atoms with E-state index in [0.717, 1.165) is 0 Å². The summed E-state index contributed by atoms with van der Waals surface area (Å²) in [7, 11) is 1.87. The largest absolute Gasteiger partial charge is 0.325 e. The number of likely N-dealkylation sites (N-methyl/N-ethyl adjacent to an activating group) is 1. The van der Waals surface area contributed by atoms with Gasteiger partial charge in [-0.2, -0.15) is 0 Å². The van der Waals surface area contributed by atoms with E-state index < -0.39 is 0 Å². The second-order valence-electron chi connectivity index (χ2n) is 2.99. The number of rotatable bonds is 1. The highest BCUT2D eigenvalue weighted by Gasteiger charge is 2.43. The molecule has 1 rings (SSSR count). The fraction of sp³-hybridized carbons (Fsp3) is 1.00. The lowest BCUT2D eigenvalue weighted by molar-refractivity contribution is 0.466. The van der Waals surface area contributed by atoms with Gasteiger partial charge in [-0.05, 0) is 7.05 Å². The molecule has 1 fully saturated rings. The smallest absolute Gasteiger partial charge is 0.0444 e. The molecule has 0 bridgehead atoms. The number of alkyl halides is 1. The molecule has 1 aliphatic rings. The fourth-order valence-corrected chi connectivity index (χ4v) is 2.47. The van der Waals surface area contributed by atoms with E-state index in [1.165, 1.54) is 0 Å². The molecule has 0 saturated heterocycles. The van der Waals surface area contributed by atoms with E-state index in [-0.39, 0.29) is 28.1 Å². The van der Waals surface area contributed by atoms with E-state index in [2.05, 4.69) is 27.9 Å². The van der Waals surface area contributed by atoms with Crippen LogP contribution in [0, 0.1) is 0 Å². The molecule has 0 spiro atoms. The van der Waals surface area contributed by atoms with Crippen molar-refractivity contribution in [2.45, 2.75) is 28.1 Å². The Hall–Kier alpha value is 0.570. The van der Waals surface area contributed by atoms with Crippen LogP contribution < -0.4 is 22.5 Å². The molecule has 5 heteroatoms. The number of hydrogen-bond acceptors (Lipinski definition) is 4. The molecule has 0 aromatic rings. The van der Waals surface area contributed by atoms with Crippen molar-refractivity contribution in [1.82, 2.24) is 5.32 Å². The van der Waals surface area contributed by atoms with Gasteiger partial charge in [0.1, 0.15) is 0 Å². The standard InChI is InChI=1S/C6H15IN4/c1-11-6-4(9)2(7)3(8)5(6)10/h2-6,11H,8-10H2,1H3. The Morgan fingerprint density at radius 1 is 1.09 bits per heavy atom. The predicted octanol–water partition coefficient (Wildman–Crippen LogP) is -1.63. The molecule has 11 heavy (non-hydrogen) atoms. The van der Waals surface area contributed by atoms with Crippen molar-refractivity contribution in [3.05, 3.63) is 0 Å². The van der Waals surface area contributed by atoms with Crippen molar-refractivity contribution in [3.8, 4) is 0 Å². The summed E-state index contributed by atoms with van der Waals surface area (Å²) in [6.45, 7) is 0. The quantitative estimate of drug-likeness (QED) is 0.340. The van der Waals surface area contributed by atoms with Crippen molar-refractivity contribution in [2.75, 3.05) is 7.05 Å². The Morgan fingerprint density at radius 2 is 1.64 bits per heavy atom. The lowest BCUT2D eigenvalue weighted by atomic mass is 10.1. The Kier molecular flexibility index (Phi) is 3.10. The summed E-state index contributed by atoms with van der Waals surface area (Å²) in [5.41, 5.74) is 17.6. The zero-order valence-electron chi connectivity index (χ0n) is 6.50. The maximum absolute atomic E-state index is 5.88. The molecule has 4 nitrogen and oxygen atoms in total. The van der Waals surface area contributed by atoms with Crippen molar-refractivity contribution < 1.29 is 0 Å². The third-order valence-electron chi connectivity index (χ3n) is 2.34. The molecule has 0 aromatic heterocycles. The Labute approximate surface area is 80.4 Å². The van der Waals surface area contributed by atoms with Gasteiger partial charge in [-0.3, -0.25) is 0 Å². The molecule has 0 heterocycles. The molecule has 0 aliphatic heterocycles. The average molecular weight is 270 g/mol. The molecular weight excluding hydrogens is 255 g/mol. The minimum atomic E-state index is -0.0168. The SMILES string of the molecule is CNC1C(N)C(N)C(I)C1N. The summed E-state index contributed by atoms with van der Waals surface area (Å²) in [5, 5.41) is 3.09. The zero-order chi connectivity index (χ0) is 8.59. The normalized spacial score (nSPS) is 51.5. The highest BCUT2D eigenvalue weighted by molar-refractivity contribution is 14.1.